The average Bonchev–Trinajstić information content (AvgIpc) is 3.23. The molecule has 1 aromatic carbocycles. The van der Waals surface area contributed by atoms with Crippen molar-refractivity contribution >= 4 is 23.6 Å². The average molecular weight is 378 g/mol. The zero-order valence-corrected chi connectivity index (χ0v) is 14.6. The van der Waals surface area contributed by atoms with Gasteiger partial charge < -0.3 is 30.2 Å². The van der Waals surface area contributed by atoms with Gasteiger partial charge in [-0.15, -0.1) is 0 Å². The Morgan fingerprint density at radius 3 is 2.92 bits per heavy atom. The molecule has 2 amide bonds. The van der Waals surface area contributed by atoms with Crippen molar-refractivity contribution in [1.29, 1.82) is 0 Å². The summed E-state index contributed by atoms with van der Waals surface area (Å²) in [5.41, 5.74) is 6.56. The molecule has 0 radical (unpaired) electrons. The van der Waals surface area contributed by atoms with E-state index in [0.29, 0.717) is 28.9 Å². The highest BCUT2D eigenvalue weighted by Gasteiger charge is 2.15. The molecule has 3 rings (SSSR count). The number of nitrogens with one attached hydrogen (secondary N) is 1. The number of imidazole rings is 1. The normalized spacial score (nSPS) is 12.2. The quantitative estimate of drug-likeness (QED) is 0.551. The third-order valence-electron chi connectivity index (χ3n) is 3.64. The van der Waals surface area contributed by atoms with Crippen molar-refractivity contribution in [3.05, 3.63) is 35.7 Å². The van der Waals surface area contributed by atoms with Crippen LogP contribution in [-0.4, -0.2) is 39.0 Å². The van der Waals surface area contributed by atoms with Crippen molar-refractivity contribution < 1.29 is 24.2 Å². The first kappa shape index (κ1) is 18.1. The molecular formula is C16H18N4O5S. The number of aromatic nitrogens is 2. The van der Waals surface area contributed by atoms with Crippen LogP contribution < -0.4 is 20.5 Å². The highest BCUT2D eigenvalue weighted by Crippen LogP contribution is 2.32. The molecule has 0 unspecified atom stereocenters. The molecule has 1 aliphatic heterocycles. The van der Waals surface area contributed by atoms with Crippen LogP contribution in [0.25, 0.3) is 0 Å². The minimum absolute atomic E-state index is 0.100. The largest absolute Gasteiger partial charge is 0.454 e. The van der Waals surface area contributed by atoms with Gasteiger partial charge in [0, 0.05) is 6.54 Å². The smallest absolute Gasteiger partial charge is 0.237 e. The Morgan fingerprint density at radius 2 is 2.15 bits per heavy atom. The lowest BCUT2D eigenvalue weighted by atomic mass is 10.2. The molecule has 138 valence electrons. The zero-order valence-electron chi connectivity index (χ0n) is 13.8. The third kappa shape index (κ3) is 4.27. The van der Waals surface area contributed by atoms with Gasteiger partial charge in [-0.25, -0.2) is 4.98 Å². The Bertz CT molecular complexity index is 823. The Hall–Kier alpha value is -2.72. The molecule has 2 heterocycles. The van der Waals surface area contributed by atoms with E-state index in [1.165, 1.54) is 10.8 Å². The summed E-state index contributed by atoms with van der Waals surface area (Å²) >= 11 is 1.16. The standard InChI is InChI=1S/C16H18N4O5S/c17-14(22)6-20-11(7-21)5-19-16(20)26-8-15(23)18-4-10-1-2-12-13(3-10)25-9-24-12/h1-3,5,21H,4,6-9H2,(H2,17,22)(H,18,23). The van der Waals surface area contributed by atoms with Gasteiger partial charge >= 0.3 is 0 Å². The Labute approximate surface area is 153 Å². The number of primary amides is 1. The number of carbonyl (C=O) groups is 2. The number of amides is 2. The molecule has 2 aromatic rings. The molecule has 4 N–H and O–H groups in total. The molecule has 1 aliphatic rings. The van der Waals surface area contributed by atoms with E-state index in [-0.39, 0.29) is 31.6 Å². The van der Waals surface area contributed by atoms with Crippen LogP contribution in [0.2, 0.25) is 0 Å². The Kier molecular flexibility index (Phi) is 5.64. The second-order valence-corrected chi connectivity index (χ2v) is 6.44. The SMILES string of the molecule is NC(=O)Cn1c(CO)cnc1SCC(=O)NCc1ccc2c(c1)OCO2. The number of hydrogen-bond acceptors (Lipinski definition) is 7. The van der Waals surface area contributed by atoms with E-state index in [9.17, 15) is 14.7 Å². The van der Waals surface area contributed by atoms with E-state index in [2.05, 4.69) is 10.3 Å². The van der Waals surface area contributed by atoms with Crippen molar-refractivity contribution in [3.63, 3.8) is 0 Å². The number of nitrogens with zero attached hydrogens (tertiary/aromatic N) is 2. The van der Waals surface area contributed by atoms with E-state index < -0.39 is 5.91 Å². The molecule has 10 heteroatoms. The number of aliphatic hydroxyl groups is 1. The second kappa shape index (κ2) is 8.11. The maximum atomic E-state index is 12.1. The number of rotatable bonds is 8. The number of thioether (sulfide) groups is 1. The first-order valence-corrected chi connectivity index (χ1v) is 8.77. The molecule has 26 heavy (non-hydrogen) atoms. The molecule has 0 aliphatic carbocycles. The zero-order chi connectivity index (χ0) is 18.5. The number of hydrogen-bond donors (Lipinski definition) is 3. The lowest BCUT2D eigenvalue weighted by molar-refractivity contribution is -0.119. The summed E-state index contributed by atoms with van der Waals surface area (Å²) in [4.78, 5) is 27.3. The van der Waals surface area contributed by atoms with Crippen LogP contribution in [0.5, 0.6) is 11.5 Å². The van der Waals surface area contributed by atoms with Crippen molar-refractivity contribution in [2.75, 3.05) is 12.5 Å². The molecule has 0 saturated heterocycles. The van der Waals surface area contributed by atoms with Crippen LogP contribution in [0.3, 0.4) is 0 Å². The molecule has 0 bridgehead atoms. The minimum Gasteiger partial charge on any atom is -0.454 e. The van der Waals surface area contributed by atoms with Gasteiger partial charge in [-0.2, -0.15) is 0 Å². The Morgan fingerprint density at radius 1 is 1.35 bits per heavy atom. The van der Waals surface area contributed by atoms with Gasteiger partial charge in [0.25, 0.3) is 0 Å². The molecular weight excluding hydrogens is 360 g/mol. The highest BCUT2D eigenvalue weighted by atomic mass is 32.2. The fourth-order valence-corrected chi connectivity index (χ4v) is 3.22. The number of carbonyl (C=O) groups excluding carboxylic acids is 2. The van der Waals surface area contributed by atoms with Crippen molar-refractivity contribution in [3.8, 4) is 11.5 Å². The van der Waals surface area contributed by atoms with Crippen LogP contribution in [0, 0.1) is 0 Å². The monoisotopic (exact) mass is 378 g/mol. The van der Waals surface area contributed by atoms with Crippen LogP contribution in [0.4, 0.5) is 0 Å². The van der Waals surface area contributed by atoms with E-state index in [1.807, 2.05) is 12.1 Å². The number of fused-ring (bicyclic) bond motifs is 1. The number of nitrogens with two attached hydrogens (primary N) is 1. The summed E-state index contributed by atoms with van der Waals surface area (Å²) < 4.78 is 12.0. The van der Waals surface area contributed by atoms with E-state index in [1.54, 1.807) is 6.07 Å². The first-order valence-electron chi connectivity index (χ1n) is 7.78. The fraction of sp³-hybridized carbons (Fsp3) is 0.312. The third-order valence-corrected chi connectivity index (χ3v) is 4.63. The first-order chi connectivity index (χ1) is 12.6. The van der Waals surface area contributed by atoms with Crippen LogP contribution in [0.1, 0.15) is 11.3 Å². The lowest BCUT2D eigenvalue weighted by Gasteiger charge is -2.09. The highest BCUT2D eigenvalue weighted by molar-refractivity contribution is 7.99. The van der Waals surface area contributed by atoms with Gasteiger partial charge in [-0.3, -0.25) is 9.59 Å². The van der Waals surface area contributed by atoms with Crippen LogP contribution in [0.15, 0.2) is 29.6 Å². The lowest BCUT2D eigenvalue weighted by Crippen LogP contribution is -2.25. The van der Waals surface area contributed by atoms with Crippen molar-refractivity contribution in [2.45, 2.75) is 24.9 Å². The van der Waals surface area contributed by atoms with Gasteiger partial charge in [-0.1, -0.05) is 17.8 Å². The fourth-order valence-electron chi connectivity index (χ4n) is 2.39. The number of aliphatic hydroxyl groups excluding tert-OH is 1. The van der Waals surface area contributed by atoms with Gasteiger partial charge in [0.2, 0.25) is 18.6 Å². The molecule has 0 atom stereocenters. The summed E-state index contributed by atoms with van der Waals surface area (Å²) in [6.07, 6.45) is 1.45. The minimum atomic E-state index is -0.549. The number of benzene rings is 1. The predicted octanol–water partition coefficient (Wildman–Crippen LogP) is -0.00210. The summed E-state index contributed by atoms with van der Waals surface area (Å²) in [6.45, 7) is 0.192. The molecule has 9 nitrogen and oxygen atoms in total. The summed E-state index contributed by atoms with van der Waals surface area (Å²) in [6, 6.07) is 5.48. The van der Waals surface area contributed by atoms with Crippen LogP contribution >= 0.6 is 11.8 Å². The van der Waals surface area contributed by atoms with Gasteiger partial charge in [-0.05, 0) is 17.7 Å². The second-order valence-electron chi connectivity index (χ2n) is 5.50. The molecule has 0 spiro atoms. The summed E-state index contributed by atoms with van der Waals surface area (Å²) in [7, 11) is 0. The van der Waals surface area contributed by atoms with Gasteiger partial charge in [0.05, 0.1) is 24.3 Å². The predicted molar refractivity (Wildman–Crippen MR) is 92.5 cm³/mol. The van der Waals surface area contributed by atoms with Gasteiger partial charge in [0.15, 0.2) is 16.7 Å². The van der Waals surface area contributed by atoms with Gasteiger partial charge in [0.1, 0.15) is 6.54 Å². The van der Waals surface area contributed by atoms with Crippen molar-refractivity contribution in [2.24, 2.45) is 5.73 Å². The van der Waals surface area contributed by atoms with E-state index >= 15 is 0 Å². The molecule has 0 fully saturated rings. The Balaban J connectivity index is 1.53. The summed E-state index contributed by atoms with van der Waals surface area (Å²) in [5, 5.41) is 12.5. The topological polar surface area (TPSA) is 129 Å². The molecule has 0 saturated carbocycles. The maximum absolute atomic E-state index is 12.1. The van der Waals surface area contributed by atoms with E-state index in [0.717, 1.165) is 17.3 Å². The molecule has 1 aromatic heterocycles. The number of ether oxygens (including phenoxy) is 2. The van der Waals surface area contributed by atoms with Crippen molar-refractivity contribution in [1.82, 2.24) is 14.9 Å². The summed E-state index contributed by atoms with van der Waals surface area (Å²) in [5.74, 6) is 0.733. The van der Waals surface area contributed by atoms with Crippen LogP contribution in [-0.2, 0) is 29.3 Å². The maximum Gasteiger partial charge on any atom is 0.237 e. The van der Waals surface area contributed by atoms with E-state index in [4.69, 9.17) is 15.2 Å².